The fraction of sp³-hybridized carbons (Fsp3) is 0.625. The monoisotopic (exact) mass is 262 g/mol. The summed E-state index contributed by atoms with van der Waals surface area (Å²) in [6.07, 6.45) is 2.24. The molecule has 1 atom stereocenters. The standard InChI is InChI=1S/C16H26N2O/c1-12-4-5-15(13(2)10-12)16(17)11-18(3)14-6-8-19-9-7-14/h4-5,10,14,16H,6-9,11,17H2,1-3H3. The Morgan fingerprint density at radius 2 is 2.00 bits per heavy atom. The van der Waals surface area contributed by atoms with Crippen molar-refractivity contribution >= 4 is 0 Å². The Morgan fingerprint density at radius 3 is 2.63 bits per heavy atom. The van der Waals surface area contributed by atoms with Gasteiger partial charge >= 0.3 is 0 Å². The SMILES string of the molecule is Cc1ccc(C(N)CN(C)C2CCOCC2)c(C)c1. The Kier molecular flexibility index (Phi) is 4.97. The highest BCUT2D eigenvalue weighted by atomic mass is 16.5. The Hall–Kier alpha value is -0.900. The summed E-state index contributed by atoms with van der Waals surface area (Å²) in [5.41, 5.74) is 10.2. The molecular formula is C16H26N2O. The molecule has 3 heteroatoms. The molecule has 106 valence electrons. The van der Waals surface area contributed by atoms with Gasteiger partial charge in [-0.3, -0.25) is 0 Å². The number of hydrogen-bond acceptors (Lipinski definition) is 3. The van der Waals surface area contributed by atoms with Crippen LogP contribution in [-0.2, 0) is 4.74 Å². The van der Waals surface area contributed by atoms with Crippen molar-refractivity contribution in [2.45, 2.75) is 38.8 Å². The Labute approximate surface area is 116 Å². The predicted octanol–water partition coefficient (Wildman–Crippen LogP) is 2.41. The first-order chi connectivity index (χ1) is 9.08. The van der Waals surface area contributed by atoms with E-state index in [0.29, 0.717) is 6.04 Å². The van der Waals surface area contributed by atoms with Gasteiger partial charge in [-0.25, -0.2) is 0 Å². The van der Waals surface area contributed by atoms with Crippen molar-refractivity contribution in [3.05, 3.63) is 34.9 Å². The molecule has 1 aromatic carbocycles. The highest BCUT2D eigenvalue weighted by Crippen LogP contribution is 2.20. The minimum Gasteiger partial charge on any atom is -0.381 e. The van der Waals surface area contributed by atoms with Crippen molar-refractivity contribution in [3.8, 4) is 0 Å². The Bertz CT molecular complexity index is 413. The van der Waals surface area contributed by atoms with Gasteiger partial charge in [-0.1, -0.05) is 23.8 Å². The normalized spacial score (nSPS) is 18.8. The molecule has 0 radical (unpaired) electrons. The van der Waals surface area contributed by atoms with Gasteiger partial charge in [0, 0.05) is 31.8 Å². The van der Waals surface area contributed by atoms with Crippen LogP contribution < -0.4 is 5.73 Å². The molecule has 1 heterocycles. The first kappa shape index (κ1) is 14.5. The van der Waals surface area contributed by atoms with Crippen LogP contribution in [0.1, 0.15) is 35.6 Å². The average molecular weight is 262 g/mol. The Morgan fingerprint density at radius 1 is 1.32 bits per heavy atom. The first-order valence-electron chi connectivity index (χ1n) is 7.18. The number of nitrogens with two attached hydrogens (primary N) is 1. The third-order valence-corrected chi connectivity index (χ3v) is 4.12. The highest BCUT2D eigenvalue weighted by molar-refractivity contribution is 5.32. The molecule has 3 nitrogen and oxygen atoms in total. The number of nitrogens with zero attached hydrogens (tertiary/aromatic N) is 1. The van der Waals surface area contributed by atoms with Crippen molar-refractivity contribution in [2.75, 3.05) is 26.8 Å². The van der Waals surface area contributed by atoms with Crippen molar-refractivity contribution in [1.82, 2.24) is 4.90 Å². The molecule has 0 saturated carbocycles. The topological polar surface area (TPSA) is 38.5 Å². The molecule has 1 saturated heterocycles. The minimum absolute atomic E-state index is 0.0912. The molecule has 1 aliphatic rings. The molecule has 1 aromatic rings. The second-order valence-corrected chi connectivity index (χ2v) is 5.75. The largest absolute Gasteiger partial charge is 0.381 e. The maximum atomic E-state index is 6.38. The molecule has 0 bridgehead atoms. The van der Waals surface area contributed by atoms with Gasteiger partial charge < -0.3 is 15.4 Å². The van der Waals surface area contributed by atoms with Gasteiger partial charge in [-0.2, -0.15) is 0 Å². The molecular weight excluding hydrogens is 236 g/mol. The molecule has 19 heavy (non-hydrogen) atoms. The van der Waals surface area contributed by atoms with Crippen molar-refractivity contribution in [2.24, 2.45) is 5.73 Å². The summed E-state index contributed by atoms with van der Waals surface area (Å²) >= 11 is 0. The van der Waals surface area contributed by atoms with E-state index in [4.69, 9.17) is 10.5 Å². The highest BCUT2D eigenvalue weighted by Gasteiger charge is 2.21. The number of likely N-dealkylation sites (N-methyl/N-ethyl adjacent to an activating group) is 1. The summed E-state index contributed by atoms with van der Waals surface area (Å²) in [6, 6.07) is 7.24. The number of aryl methyl sites for hydroxylation is 2. The van der Waals surface area contributed by atoms with E-state index >= 15 is 0 Å². The summed E-state index contributed by atoms with van der Waals surface area (Å²) in [5.74, 6) is 0. The zero-order valence-electron chi connectivity index (χ0n) is 12.4. The zero-order chi connectivity index (χ0) is 13.8. The molecule has 2 rings (SSSR count). The maximum Gasteiger partial charge on any atom is 0.0480 e. The van der Waals surface area contributed by atoms with E-state index in [2.05, 4.69) is 44.0 Å². The molecule has 1 fully saturated rings. The van der Waals surface area contributed by atoms with Gasteiger partial charge in [0.1, 0.15) is 0 Å². The minimum atomic E-state index is 0.0912. The molecule has 0 spiro atoms. The number of benzene rings is 1. The van der Waals surface area contributed by atoms with Crippen LogP contribution in [-0.4, -0.2) is 37.7 Å². The average Bonchev–Trinajstić information content (AvgIpc) is 2.39. The Balaban J connectivity index is 1.97. The second-order valence-electron chi connectivity index (χ2n) is 5.75. The van der Waals surface area contributed by atoms with E-state index in [1.54, 1.807) is 0 Å². The van der Waals surface area contributed by atoms with Crippen LogP contribution in [0, 0.1) is 13.8 Å². The molecule has 0 amide bonds. The van der Waals surface area contributed by atoms with Gasteiger partial charge in [-0.15, -0.1) is 0 Å². The quantitative estimate of drug-likeness (QED) is 0.905. The van der Waals surface area contributed by atoms with E-state index in [0.717, 1.165) is 32.6 Å². The van der Waals surface area contributed by atoms with Crippen LogP contribution in [0.3, 0.4) is 0 Å². The number of rotatable bonds is 4. The van der Waals surface area contributed by atoms with Crippen LogP contribution in [0.2, 0.25) is 0 Å². The number of ether oxygens (including phenoxy) is 1. The predicted molar refractivity (Wildman–Crippen MR) is 79.3 cm³/mol. The van der Waals surface area contributed by atoms with Crippen LogP contribution in [0.25, 0.3) is 0 Å². The molecule has 0 aromatic heterocycles. The van der Waals surface area contributed by atoms with Gasteiger partial charge in [0.15, 0.2) is 0 Å². The summed E-state index contributed by atoms with van der Waals surface area (Å²) < 4.78 is 5.41. The van der Waals surface area contributed by atoms with Gasteiger partial charge in [-0.05, 0) is 44.9 Å². The summed E-state index contributed by atoms with van der Waals surface area (Å²) in [4.78, 5) is 2.40. The fourth-order valence-electron chi connectivity index (χ4n) is 2.93. The van der Waals surface area contributed by atoms with E-state index in [-0.39, 0.29) is 6.04 Å². The first-order valence-corrected chi connectivity index (χ1v) is 7.18. The lowest BCUT2D eigenvalue weighted by Gasteiger charge is -2.33. The lowest BCUT2D eigenvalue weighted by Crippen LogP contribution is -2.40. The van der Waals surface area contributed by atoms with Crippen LogP contribution >= 0.6 is 0 Å². The lowest BCUT2D eigenvalue weighted by molar-refractivity contribution is 0.0413. The third kappa shape index (κ3) is 3.78. The third-order valence-electron chi connectivity index (χ3n) is 4.12. The van der Waals surface area contributed by atoms with Crippen molar-refractivity contribution in [1.29, 1.82) is 0 Å². The van der Waals surface area contributed by atoms with Crippen molar-refractivity contribution in [3.63, 3.8) is 0 Å². The summed E-state index contributed by atoms with van der Waals surface area (Å²) in [6.45, 7) is 6.95. The number of hydrogen-bond donors (Lipinski definition) is 1. The van der Waals surface area contributed by atoms with Crippen molar-refractivity contribution < 1.29 is 4.74 Å². The van der Waals surface area contributed by atoms with Gasteiger partial charge in [0.2, 0.25) is 0 Å². The van der Waals surface area contributed by atoms with E-state index in [1.807, 2.05) is 0 Å². The lowest BCUT2D eigenvalue weighted by atomic mass is 9.98. The van der Waals surface area contributed by atoms with E-state index in [9.17, 15) is 0 Å². The summed E-state index contributed by atoms with van der Waals surface area (Å²) in [5, 5.41) is 0. The smallest absolute Gasteiger partial charge is 0.0480 e. The molecule has 1 aliphatic heterocycles. The van der Waals surface area contributed by atoms with E-state index < -0.39 is 0 Å². The van der Waals surface area contributed by atoms with Crippen LogP contribution in [0.5, 0.6) is 0 Å². The van der Waals surface area contributed by atoms with Crippen LogP contribution in [0.4, 0.5) is 0 Å². The van der Waals surface area contributed by atoms with E-state index in [1.165, 1.54) is 16.7 Å². The molecule has 0 aliphatic carbocycles. The van der Waals surface area contributed by atoms with Gasteiger partial charge in [0.25, 0.3) is 0 Å². The van der Waals surface area contributed by atoms with Gasteiger partial charge in [0.05, 0.1) is 0 Å². The second kappa shape index (κ2) is 6.51. The maximum absolute atomic E-state index is 6.38. The summed E-state index contributed by atoms with van der Waals surface area (Å²) in [7, 11) is 2.18. The molecule has 2 N–H and O–H groups in total. The zero-order valence-corrected chi connectivity index (χ0v) is 12.4. The van der Waals surface area contributed by atoms with Crippen LogP contribution in [0.15, 0.2) is 18.2 Å². The molecule has 1 unspecified atom stereocenters. The fourth-order valence-corrected chi connectivity index (χ4v) is 2.93.